The van der Waals surface area contributed by atoms with E-state index in [9.17, 15) is 4.79 Å². The number of furan rings is 1. The zero-order valence-electron chi connectivity index (χ0n) is 10.9. The van der Waals surface area contributed by atoms with Crippen molar-refractivity contribution in [3.05, 3.63) is 59.0 Å². The van der Waals surface area contributed by atoms with Crippen LogP contribution in [0.25, 0.3) is 0 Å². The molecule has 1 heterocycles. The molecule has 0 saturated heterocycles. The molecule has 19 heavy (non-hydrogen) atoms. The molecule has 0 radical (unpaired) electrons. The summed E-state index contributed by atoms with van der Waals surface area (Å²) in [4.78, 5) is 13.7. The lowest BCUT2D eigenvalue weighted by Gasteiger charge is -2.15. The summed E-state index contributed by atoms with van der Waals surface area (Å²) in [5.41, 5.74) is 1.10. The first-order chi connectivity index (χ1) is 9.10. The number of benzene rings is 1. The monoisotopic (exact) mass is 254 g/mol. The van der Waals surface area contributed by atoms with Gasteiger partial charge in [0.05, 0.1) is 18.2 Å². The molecule has 0 fully saturated rings. The fourth-order valence-corrected chi connectivity index (χ4v) is 1.78. The van der Waals surface area contributed by atoms with Crippen LogP contribution in [-0.2, 0) is 6.54 Å². The van der Waals surface area contributed by atoms with Crippen molar-refractivity contribution in [1.82, 2.24) is 4.90 Å². The van der Waals surface area contributed by atoms with Gasteiger partial charge in [0.25, 0.3) is 5.91 Å². The minimum Gasteiger partial charge on any atom is -0.464 e. The molecule has 0 aliphatic carbocycles. The lowest BCUT2D eigenvalue weighted by atomic mass is 10.1. The highest BCUT2D eigenvalue weighted by Crippen LogP contribution is 2.12. The number of carbonyl (C=O) groups is 1. The Morgan fingerprint density at radius 1 is 1.26 bits per heavy atom. The van der Waals surface area contributed by atoms with Crippen LogP contribution in [0.5, 0.6) is 0 Å². The van der Waals surface area contributed by atoms with Gasteiger partial charge in [0.15, 0.2) is 0 Å². The summed E-state index contributed by atoms with van der Waals surface area (Å²) in [6.45, 7) is 2.29. The Kier molecular flexibility index (Phi) is 3.67. The summed E-state index contributed by atoms with van der Waals surface area (Å²) in [5.74, 6) is 1.48. The third kappa shape index (κ3) is 3.02. The van der Waals surface area contributed by atoms with Crippen molar-refractivity contribution in [2.24, 2.45) is 0 Å². The lowest BCUT2D eigenvalue weighted by Crippen LogP contribution is -2.25. The van der Waals surface area contributed by atoms with E-state index < -0.39 is 0 Å². The van der Waals surface area contributed by atoms with Crippen LogP contribution in [-0.4, -0.2) is 17.9 Å². The molecule has 0 atom stereocenters. The van der Waals surface area contributed by atoms with E-state index in [1.54, 1.807) is 36.2 Å². The van der Waals surface area contributed by atoms with Crippen LogP contribution in [0, 0.1) is 18.3 Å². The first kappa shape index (κ1) is 12.9. The predicted molar refractivity (Wildman–Crippen MR) is 70.4 cm³/mol. The van der Waals surface area contributed by atoms with Crippen LogP contribution in [0.3, 0.4) is 0 Å². The first-order valence-electron chi connectivity index (χ1n) is 5.91. The Morgan fingerprint density at radius 3 is 2.47 bits per heavy atom. The molecular formula is C15H14N2O2. The largest absolute Gasteiger partial charge is 0.464 e. The van der Waals surface area contributed by atoms with E-state index in [4.69, 9.17) is 9.68 Å². The van der Waals surface area contributed by atoms with E-state index in [0.717, 1.165) is 11.5 Å². The maximum absolute atomic E-state index is 12.2. The van der Waals surface area contributed by atoms with Gasteiger partial charge >= 0.3 is 0 Å². The van der Waals surface area contributed by atoms with Crippen LogP contribution in [0.4, 0.5) is 0 Å². The van der Waals surface area contributed by atoms with E-state index in [-0.39, 0.29) is 5.91 Å². The smallest absolute Gasteiger partial charge is 0.254 e. The molecule has 1 aromatic carbocycles. The zero-order chi connectivity index (χ0) is 13.8. The predicted octanol–water partition coefficient (Wildman–Crippen LogP) is 2.73. The molecule has 2 aromatic rings. The third-order valence-electron chi connectivity index (χ3n) is 2.80. The average Bonchev–Trinajstić information content (AvgIpc) is 2.83. The molecule has 0 unspecified atom stereocenters. The van der Waals surface area contributed by atoms with E-state index in [2.05, 4.69) is 0 Å². The van der Waals surface area contributed by atoms with Gasteiger partial charge in [-0.3, -0.25) is 4.79 Å². The molecule has 0 N–H and O–H groups in total. The molecule has 0 bridgehead atoms. The number of carbonyl (C=O) groups excluding carboxylic acids is 1. The summed E-state index contributed by atoms with van der Waals surface area (Å²) in [5, 5.41) is 8.72. The van der Waals surface area contributed by atoms with Crippen LogP contribution in [0.1, 0.15) is 27.4 Å². The number of hydrogen-bond donors (Lipinski definition) is 0. The Hall–Kier alpha value is -2.54. The van der Waals surface area contributed by atoms with Crippen molar-refractivity contribution >= 4 is 5.91 Å². The molecule has 0 aliphatic heterocycles. The second-order valence-corrected chi connectivity index (χ2v) is 4.36. The fourth-order valence-electron chi connectivity index (χ4n) is 1.78. The highest BCUT2D eigenvalue weighted by molar-refractivity contribution is 5.94. The number of rotatable bonds is 3. The van der Waals surface area contributed by atoms with E-state index in [1.807, 2.05) is 25.1 Å². The summed E-state index contributed by atoms with van der Waals surface area (Å²) >= 11 is 0. The zero-order valence-corrected chi connectivity index (χ0v) is 10.9. The van der Waals surface area contributed by atoms with Gasteiger partial charge in [0.2, 0.25) is 0 Å². The summed E-state index contributed by atoms with van der Waals surface area (Å²) < 4.78 is 5.44. The lowest BCUT2D eigenvalue weighted by molar-refractivity contribution is 0.0775. The molecule has 4 heteroatoms. The first-order valence-corrected chi connectivity index (χ1v) is 5.91. The normalized spacial score (nSPS) is 9.95. The fraction of sp³-hybridized carbons (Fsp3) is 0.200. The van der Waals surface area contributed by atoms with Gasteiger partial charge in [-0.15, -0.1) is 0 Å². The van der Waals surface area contributed by atoms with Crippen molar-refractivity contribution in [2.75, 3.05) is 7.05 Å². The SMILES string of the molecule is Cc1ccc(CN(C)C(=O)c2ccc(C#N)cc2)o1. The average molecular weight is 254 g/mol. The molecule has 96 valence electrons. The summed E-state index contributed by atoms with van der Waals surface area (Å²) in [6.07, 6.45) is 0. The molecular weight excluding hydrogens is 240 g/mol. The van der Waals surface area contributed by atoms with Crippen LogP contribution < -0.4 is 0 Å². The van der Waals surface area contributed by atoms with Crippen LogP contribution in [0.2, 0.25) is 0 Å². The van der Waals surface area contributed by atoms with Crippen molar-refractivity contribution in [1.29, 1.82) is 5.26 Å². The summed E-state index contributed by atoms with van der Waals surface area (Å²) in [7, 11) is 1.72. The maximum Gasteiger partial charge on any atom is 0.254 e. The van der Waals surface area contributed by atoms with Gasteiger partial charge in [-0.25, -0.2) is 0 Å². The second-order valence-electron chi connectivity index (χ2n) is 4.36. The Morgan fingerprint density at radius 2 is 1.95 bits per heavy atom. The second kappa shape index (κ2) is 5.40. The molecule has 4 nitrogen and oxygen atoms in total. The quantitative estimate of drug-likeness (QED) is 0.846. The van der Waals surface area contributed by atoms with Gasteiger partial charge in [0.1, 0.15) is 11.5 Å². The standard InChI is InChI=1S/C15H14N2O2/c1-11-3-8-14(19-11)10-17(2)15(18)13-6-4-12(9-16)5-7-13/h3-8H,10H2,1-2H3. The Labute approximate surface area is 111 Å². The highest BCUT2D eigenvalue weighted by Gasteiger charge is 2.13. The van der Waals surface area contributed by atoms with Crippen molar-refractivity contribution in [3.8, 4) is 6.07 Å². The molecule has 2 rings (SSSR count). The van der Waals surface area contributed by atoms with Gasteiger partial charge in [-0.05, 0) is 43.3 Å². The number of nitrogens with zero attached hydrogens (tertiary/aromatic N) is 2. The van der Waals surface area contributed by atoms with Crippen molar-refractivity contribution < 1.29 is 9.21 Å². The van der Waals surface area contributed by atoms with E-state index >= 15 is 0 Å². The number of hydrogen-bond acceptors (Lipinski definition) is 3. The van der Waals surface area contributed by atoms with Gasteiger partial charge < -0.3 is 9.32 Å². The van der Waals surface area contributed by atoms with E-state index in [0.29, 0.717) is 17.7 Å². The topological polar surface area (TPSA) is 57.2 Å². The maximum atomic E-state index is 12.2. The van der Waals surface area contributed by atoms with Gasteiger partial charge in [-0.2, -0.15) is 5.26 Å². The van der Waals surface area contributed by atoms with Crippen molar-refractivity contribution in [3.63, 3.8) is 0 Å². The number of nitriles is 1. The van der Waals surface area contributed by atoms with Crippen LogP contribution >= 0.6 is 0 Å². The molecule has 0 saturated carbocycles. The molecule has 0 spiro atoms. The van der Waals surface area contributed by atoms with Crippen molar-refractivity contribution in [2.45, 2.75) is 13.5 Å². The number of aryl methyl sites for hydroxylation is 1. The van der Waals surface area contributed by atoms with Crippen LogP contribution in [0.15, 0.2) is 40.8 Å². The Bertz CT molecular complexity index is 620. The summed E-state index contributed by atoms with van der Waals surface area (Å²) in [6, 6.07) is 12.3. The van der Waals surface area contributed by atoms with E-state index in [1.165, 1.54) is 0 Å². The highest BCUT2D eigenvalue weighted by atomic mass is 16.3. The minimum atomic E-state index is -0.0986. The number of amides is 1. The molecule has 0 aliphatic rings. The molecule has 1 amide bonds. The Balaban J connectivity index is 2.08. The minimum absolute atomic E-state index is 0.0986. The third-order valence-corrected chi connectivity index (χ3v) is 2.80. The van der Waals surface area contributed by atoms with Gasteiger partial charge in [-0.1, -0.05) is 0 Å². The van der Waals surface area contributed by atoms with Gasteiger partial charge in [0, 0.05) is 12.6 Å². The molecule has 1 aromatic heterocycles.